The first-order valence-electron chi connectivity index (χ1n) is 17.4. The molecular formula is C48H30N2S. The van der Waals surface area contributed by atoms with Gasteiger partial charge in [0.1, 0.15) is 0 Å². The number of aromatic nitrogens is 2. The largest absolute Gasteiger partial charge is 0.309 e. The lowest BCUT2D eigenvalue weighted by atomic mass is 10.00. The van der Waals surface area contributed by atoms with Crippen LogP contribution in [0, 0.1) is 0 Å². The number of fused-ring (bicyclic) bond motifs is 10. The van der Waals surface area contributed by atoms with Gasteiger partial charge < -0.3 is 9.13 Å². The van der Waals surface area contributed by atoms with Gasteiger partial charge in [-0.05, 0) is 70.8 Å². The van der Waals surface area contributed by atoms with Crippen LogP contribution in [0.15, 0.2) is 182 Å². The van der Waals surface area contributed by atoms with E-state index in [0.717, 1.165) is 5.69 Å². The van der Waals surface area contributed by atoms with E-state index >= 15 is 0 Å². The van der Waals surface area contributed by atoms with E-state index in [2.05, 4.69) is 191 Å². The van der Waals surface area contributed by atoms with Gasteiger partial charge in [0.05, 0.1) is 32.5 Å². The molecule has 0 aliphatic carbocycles. The molecule has 0 aliphatic heterocycles. The summed E-state index contributed by atoms with van der Waals surface area (Å²) in [6, 6.07) is 66.5. The third-order valence-electron chi connectivity index (χ3n) is 10.5. The minimum Gasteiger partial charge on any atom is -0.309 e. The van der Waals surface area contributed by atoms with Crippen molar-refractivity contribution in [1.29, 1.82) is 0 Å². The molecule has 3 aromatic heterocycles. The Bertz CT molecular complexity index is 3120. The standard InChI is InChI=1S/C48H30N2S/c1-2-12-31(13-3-1)32-24-26-33(27-25-32)34-14-10-15-35(30-34)49-40-20-7-4-17-38(40)46-42(49)28-29-43-47(46)39-18-5-8-21-41(39)50(43)44-22-11-19-37-36-16-6-9-23-45(36)51-48(37)44/h1-30H. The predicted octanol–water partition coefficient (Wildman–Crippen LogP) is 13.6. The Labute approximate surface area is 298 Å². The van der Waals surface area contributed by atoms with E-state index in [0.29, 0.717) is 0 Å². The van der Waals surface area contributed by atoms with Crippen molar-refractivity contribution >= 4 is 75.1 Å². The van der Waals surface area contributed by atoms with Crippen LogP contribution in [0.1, 0.15) is 0 Å². The Hall–Kier alpha value is -6.42. The number of rotatable bonds is 4. The maximum atomic E-state index is 2.49. The first kappa shape index (κ1) is 28.4. The molecule has 0 bridgehead atoms. The molecular weight excluding hydrogens is 637 g/mol. The van der Waals surface area contributed by atoms with Crippen molar-refractivity contribution in [2.24, 2.45) is 0 Å². The highest BCUT2D eigenvalue weighted by Crippen LogP contribution is 2.45. The predicted molar refractivity (Wildman–Crippen MR) is 219 cm³/mol. The van der Waals surface area contributed by atoms with Gasteiger partial charge in [0, 0.05) is 42.7 Å². The van der Waals surface area contributed by atoms with Crippen molar-refractivity contribution in [2.75, 3.05) is 0 Å². The summed E-state index contributed by atoms with van der Waals surface area (Å²) in [5, 5.41) is 7.75. The lowest BCUT2D eigenvalue weighted by Crippen LogP contribution is -1.95. The molecule has 0 unspecified atom stereocenters. The molecule has 11 rings (SSSR count). The van der Waals surface area contributed by atoms with Crippen molar-refractivity contribution < 1.29 is 0 Å². The van der Waals surface area contributed by atoms with Crippen molar-refractivity contribution in [2.45, 2.75) is 0 Å². The summed E-state index contributed by atoms with van der Waals surface area (Å²) in [7, 11) is 0. The van der Waals surface area contributed by atoms with Gasteiger partial charge in [0.2, 0.25) is 0 Å². The number of nitrogens with zero attached hydrogens (tertiary/aromatic N) is 2. The maximum Gasteiger partial charge on any atom is 0.0640 e. The number of hydrogen-bond donors (Lipinski definition) is 0. The SMILES string of the molecule is c1ccc(-c2ccc(-c3cccc(-n4c5ccccc5c5c6c7ccccc7n(-c7cccc8c7sc7ccccc78)c6ccc54)c3)cc2)cc1. The molecule has 3 heterocycles. The van der Waals surface area contributed by atoms with E-state index < -0.39 is 0 Å². The van der Waals surface area contributed by atoms with Gasteiger partial charge in [-0.3, -0.25) is 0 Å². The zero-order valence-corrected chi connectivity index (χ0v) is 28.4. The minimum atomic E-state index is 1.16. The molecule has 0 saturated heterocycles. The Balaban J connectivity index is 1.15. The normalized spacial score (nSPS) is 11.9. The monoisotopic (exact) mass is 666 g/mol. The second kappa shape index (κ2) is 11.0. The fraction of sp³-hybridized carbons (Fsp3) is 0. The van der Waals surface area contributed by atoms with E-state index in [1.54, 1.807) is 0 Å². The lowest BCUT2D eigenvalue weighted by molar-refractivity contribution is 1.18. The van der Waals surface area contributed by atoms with Crippen molar-refractivity contribution in [3.63, 3.8) is 0 Å². The van der Waals surface area contributed by atoms with Crippen LogP contribution in [0.2, 0.25) is 0 Å². The highest BCUT2D eigenvalue weighted by molar-refractivity contribution is 7.26. The van der Waals surface area contributed by atoms with Gasteiger partial charge in [0.15, 0.2) is 0 Å². The molecule has 8 aromatic carbocycles. The molecule has 2 nitrogen and oxygen atoms in total. The van der Waals surface area contributed by atoms with E-state index in [-0.39, 0.29) is 0 Å². The van der Waals surface area contributed by atoms with E-state index in [1.165, 1.54) is 91.7 Å². The number of hydrogen-bond acceptors (Lipinski definition) is 1. The van der Waals surface area contributed by atoms with Crippen LogP contribution in [0.4, 0.5) is 0 Å². The molecule has 11 aromatic rings. The van der Waals surface area contributed by atoms with Gasteiger partial charge in [-0.1, -0.05) is 133 Å². The van der Waals surface area contributed by atoms with Crippen molar-refractivity contribution in [1.82, 2.24) is 9.13 Å². The zero-order chi connectivity index (χ0) is 33.5. The highest BCUT2D eigenvalue weighted by atomic mass is 32.1. The summed E-state index contributed by atoms with van der Waals surface area (Å²) < 4.78 is 7.58. The summed E-state index contributed by atoms with van der Waals surface area (Å²) in [6.07, 6.45) is 0. The summed E-state index contributed by atoms with van der Waals surface area (Å²) in [6.45, 7) is 0. The average Bonchev–Trinajstić information content (AvgIpc) is 3.86. The number of thiophene rings is 1. The average molecular weight is 667 g/mol. The smallest absolute Gasteiger partial charge is 0.0640 e. The molecule has 0 saturated carbocycles. The lowest BCUT2D eigenvalue weighted by Gasteiger charge is -2.12. The molecule has 51 heavy (non-hydrogen) atoms. The Morgan fingerprint density at radius 2 is 0.863 bits per heavy atom. The molecule has 0 atom stereocenters. The molecule has 0 N–H and O–H groups in total. The van der Waals surface area contributed by atoms with Gasteiger partial charge >= 0.3 is 0 Å². The van der Waals surface area contributed by atoms with Gasteiger partial charge in [-0.25, -0.2) is 0 Å². The van der Waals surface area contributed by atoms with E-state index in [9.17, 15) is 0 Å². The second-order valence-corrected chi connectivity index (χ2v) is 14.4. The van der Waals surface area contributed by atoms with Gasteiger partial charge in [-0.2, -0.15) is 0 Å². The third kappa shape index (κ3) is 4.22. The molecule has 3 heteroatoms. The number of benzene rings is 8. The first-order chi connectivity index (χ1) is 25.3. The molecule has 238 valence electrons. The summed E-state index contributed by atoms with van der Waals surface area (Å²) in [5.41, 5.74) is 12.1. The molecule has 0 amide bonds. The Morgan fingerprint density at radius 3 is 1.61 bits per heavy atom. The molecule has 0 fully saturated rings. The maximum absolute atomic E-state index is 2.49. The van der Waals surface area contributed by atoms with Crippen LogP contribution in [-0.2, 0) is 0 Å². The Morgan fingerprint density at radius 1 is 0.333 bits per heavy atom. The topological polar surface area (TPSA) is 9.86 Å². The highest BCUT2D eigenvalue weighted by Gasteiger charge is 2.22. The second-order valence-electron chi connectivity index (χ2n) is 13.3. The van der Waals surface area contributed by atoms with Crippen LogP contribution in [-0.4, -0.2) is 9.13 Å². The first-order valence-corrected chi connectivity index (χ1v) is 18.3. The van der Waals surface area contributed by atoms with Crippen LogP contribution in [0.5, 0.6) is 0 Å². The van der Waals surface area contributed by atoms with Crippen LogP contribution in [0.25, 0.3) is 97.4 Å². The molecule has 0 spiro atoms. The summed E-state index contributed by atoms with van der Waals surface area (Å²) >= 11 is 1.89. The summed E-state index contributed by atoms with van der Waals surface area (Å²) in [5.74, 6) is 0. The minimum absolute atomic E-state index is 1.16. The fourth-order valence-electron chi connectivity index (χ4n) is 8.27. The summed E-state index contributed by atoms with van der Waals surface area (Å²) in [4.78, 5) is 0. The third-order valence-corrected chi connectivity index (χ3v) is 11.7. The van der Waals surface area contributed by atoms with Gasteiger partial charge in [-0.15, -0.1) is 11.3 Å². The van der Waals surface area contributed by atoms with E-state index in [4.69, 9.17) is 0 Å². The van der Waals surface area contributed by atoms with Gasteiger partial charge in [0.25, 0.3) is 0 Å². The number of para-hydroxylation sites is 2. The fourth-order valence-corrected chi connectivity index (χ4v) is 9.48. The quantitative estimate of drug-likeness (QED) is 0.177. The van der Waals surface area contributed by atoms with Crippen molar-refractivity contribution in [3.05, 3.63) is 182 Å². The van der Waals surface area contributed by atoms with Crippen LogP contribution < -0.4 is 0 Å². The van der Waals surface area contributed by atoms with Crippen LogP contribution >= 0.6 is 11.3 Å². The zero-order valence-electron chi connectivity index (χ0n) is 27.6. The Kier molecular flexibility index (Phi) is 6.16. The van der Waals surface area contributed by atoms with E-state index in [1.807, 2.05) is 11.3 Å². The van der Waals surface area contributed by atoms with Crippen LogP contribution in [0.3, 0.4) is 0 Å². The molecule has 0 aliphatic rings. The molecule has 0 radical (unpaired) electrons. The van der Waals surface area contributed by atoms with Crippen molar-refractivity contribution in [3.8, 4) is 33.6 Å².